The Hall–Kier alpha value is -4.08. The molecule has 2 aromatic rings. The summed E-state index contributed by atoms with van der Waals surface area (Å²) in [6.07, 6.45) is -1.44. The summed E-state index contributed by atoms with van der Waals surface area (Å²) in [4.78, 5) is 47.4. The molecule has 0 radical (unpaired) electrons. The van der Waals surface area contributed by atoms with E-state index in [1.165, 1.54) is 24.3 Å². The molecular formula is C52H64O18. The first-order valence-electron chi connectivity index (χ1n) is 25.0. The maximum Gasteiger partial charge on any atom is 0.339 e. The molecule has 0 spiro atoms. The molecule has 2 unspecified atom stereocenters. The number of ether oxygens (including phenoxy) is 10. The maximum atomic E-state index is 12.5. The van der Waals surface area contributed by atoms with Crippen LogP contribution in [0.15, 0.2) is 48.5 Å². The van der Waals surface area contributed by atoms with E-state index in [0.717, 1.165) is 0 Å². The second-order valence-electron chi connectivity index (χ2n) is 21.8. The standard InChI is InChI=1S/2C17H18O6.2C9H14O3/c2*1-7-11-8(2)13-15(14(21-11)12(7)22-13)23-17(20)10-6-4-3-5-9(10)16(18)19;2*1-3-6-4(2)8-9(11-6)5(10)7(3)12-8/h2*3-8,11-15H,1-2H3,(H,18,19);2*3-10H,1-2H3/t7-,8+,11+,12+,13?,14-,15-;7-,8+,11+,12+,13-,14-,15-;3-,4+,5+,6+,7+,8-,9?;3-,4+,5+,6+,7+,8-,9-/m0110/s1. The number of carboxylic acids is 2. The molecule has 16 heterocycles. The number of carboxylic acid groups (broad SMARTS) is 2. The van der Waals surface area contributed by atoms with Crippen LogP contribution in [0.25, 0.3) is 0 Å². The van der Waals surface area contributed by atoms with Gasteiger partial charge in [0.1, 0.15) is 48.8 Å². The number of carbonyl (C=O) groups is 4. The molecule has 380 valence electrons. The normalized spacial score (nSPS) is 49.7. The largest absolute Gasteiger partial charge is 0.478 e. The van der Waals surface area contributed by atoms with Gasteiger partial charge < -0.3 is 67.8 Å². The Bertz CT molecular complexity index is 2150. The molecule has 18 heteroatoms. The maximum absolute atomic E-state index is 12.5. The Labute approximate surface area is 405 Å². The Balaban J connectivity index is 0.000000106. The Morgan fingerprint density at radius 3 is 0.900 bits per heavy atom. The fourth-order valence-corrected chi connectivity index (χ4v) is 14.4. The van der Waals surface area contributed by atoms with Crippen molar-refractivity contribution in [2.24, 2.45) is 47.3 Å². The molecule has 18 nitrogen and oxygen atoms in total. The van der Waals surface area contributed by atoms with E-state index in [-0.39, 0.29) is 144 Å². The lowest BCUT2D eigenvalue weighted by Crippen LogP contribution is -2.49. The molecule has 16 aliphatic rings. The summed E-state index contributed by atoms with van der Waals surface area (Å²) in [5.74, 6) is -1.12. The van der Waals surface area contributed by atoms with Gasteiger partial charge in [-0.2, -0.15) is 0 Å². The summed E-state index contributed by atoms with van der Waals surface area (Å²) >= 11 is 0. The molecule has 2 aromatic carbocycles. The summed E-state index contributed by atoms with van der Waals surface area (Å²) in [5, 5.41) is 37.9. The third-order valence-corrected chi connectivity index (χ3v) is 18.0. The van der Waals surface area contributed by atoms with Gasteiger partial charge in [0.15, 0.2) is 12.2 Å². The van der Waals surface area contributed by atoms with Crippen molar-refractivity contribution < 1.29 is 87.0 Å². The Morgan fingerprint density at radius 2 is 0.586 bits per heavy atom. The van der Waals surface area contributed by atoms with Crippen molar-refractivity contribution in [1.82, 2.24) is 0 Å². The van der Waals surface area contributed by atoms with E-state index in [1.807, 2.05) is 13.8 Å². The summed E-state index contributed by atoms with van der Waals surface area (Å²) in [6, 6.07) is 12.1. The van der Waals surface area contributed by atoms with Gasteiger partial charge in [-0.15, -0.1) is 0 Å². The molecule has 18 rings (SSSR count). The number of benzene rings is 2. The molecule has 70 heavy (non-hydrogen) atoms. The molecule has 0 amide bonds. The highest BCUT2D eigenvalue weighted by molar-refractivity contribution is 6.03. The zero-order valence-corrected chi connectivity index (χ0v) is 40.3. The van der Waals surface area contributed by atoms with E-state index in [1.54, 1.807) is 24.3 Å². The number of carbonyl (C=O) groups excluding carboxylic acids is 2. The highest BCUT2D eigenvalue weighted by Gasteiger charge is 2.67. The lowest BCUT2D eigenvalue weighted by atomic mass is 9.87. The average Bonchev–Trinajstić information content (AvgIpc) is 4.18. The van der Waals surface area contributed by atoms with Gasteiger partial charge in [0.05, 0.1) is 83.3 Å². The molecule has 16 fully saturated rings. The van der Waals surface area contributed by atoms with E-state index < -0.39 is 36.1 Å². The van der Waals surface area contributed by atoms with Gasteiger partial charge in [-0.25, -0.2) is 19.2 Å². The number of aromatic carboxylic acids is 2. The lowest BCUT2D eigenvalue weighted by Gasteiger charge is -2.38. The Morgan fingerprint density at radius 1 is 0.343 bits per heavy atom. The molecule has 28 atom stereocenters. The number of rotatable bonds is 6. The summed E-state index contributed by atoms with van der Waals surface area (Å²) in [5.41, 5.74) is -0.0162. The van der Waals surface area contributed by atoms with E-state index in [0.29, 0.717) is 35.9 Å². The van der Waals surface area contributed by atoms with Crippen LogP contribution in [-0.2, 0) is 47.4 Å². The lowest BCUT2D eigenvalue weighted by molar-refractivity contribution is -0.152. The van der Waals surface area contributed by atoms with Crippen molar-refractivity contribution in [1.29, 1.82) is 0 Å². The number of aliphatic hydroxyl groups excluding tert-OH is 2. The topological polar surface area (TPSA) is 241 Å². The first kappa shape index (κ1) is 48.2. The highest BCUT2D eigenvalue weighted by atomic mass is 16.7. The number of aliphatic hydroxyl groups is 2. The van der Waals surface area contributed by atoms with Gasteiger partial charge in [0.25, 0.3) is 0 Å². The quantitative estimate of drug-likeness (QED) is 0.301. The molecule has 16 bridgehead atoms. The molecule has 0 saturated carbocycles. The molecule has 0 aromatic heterocycles. The van der Waals surface area contributed by atoms with E-state index in [2.05, 4.69) is 41.5 Å². The molecule has 4 N–H and O–H groups in total. The van der Waals surface area contributed by atoms with Crippen molar-refractivity contribution in [3.05, 3.63) is 70.8 Å². The molecule has 0 aliphatic carbocycles. The fourth-order valence-electron chi connectivity index (χ4n) is 14.4. The third kappa shape index (κ3) is 7.32. The van der Waals surface area contributed by atoms with Crippen LogP contribution in [0.4, 0.5) is 0 Å². The zero-order valence-electron chi connectivity index (χ0n) is 40.3. The monoisotopic (exact) mass is 976 g/mol. The molecule has 16 aliphatic heterocycles. The van der Waals surface area contributed by atoms with Gasteiger partial charge in [-0.05, 0) is 24.3 Å². The van der Waals surface area contributed by atoms with Crippen molar-refractivity contribution in [2.45, 2.75) is 177 Å². The van der Waals surface area contributed by atoms with Gasteiger partial charge in [-0.3, -0.25) is 0 Å². The third-order valence-electron chi connectivity index (χ3n) is 18.0. The van der Waals surface area contributed by atoms with Gasteiger partial charge in [0.2, 0.25) is 0 Å². The first-order valence-corrected chi connectivity index (χ1v) is 25.0. The average molecular weight is 977 g/mol. The van der Waals surface area contributed by atoms with Gasteiger partial charge >= 0.3 is 23.9 Å². The zero-order chi connectivity index (χ0) is 49.5. The second-order valence-corrected chi connectivity index (χ2v) is 21.8. The minimum Gasteiger partial charge on any atom is -0.478 e. The molecule has 16 saturated heterocycles. The van der Waals surface area contributed by atoms with Crippen LogP contribution in [0.1, 0.15) is 96.8 Å². The van der Waals surface area contributed by atoms with Gasteiger partial charge in [0, 0.05) is 47.3 Å². The second kappa shape index (κ2) is 17.8. The smallest absolute Gasteiger partial charge is 0.339 e. The van der Waals surface area contributed by atoms with Crippen LogP contribution < -0.4 is 0 Å². The minimum absolute atomic E-state index is 0.0359. The van der Waals surface area contributed by atoms with Crippen molar-refractivity contribution in [3.8, 4) is 0 Å². The van der Waals surface area contributed by atoms with Crippen LogP contribution >= 0.6 is 0 Å². The van der Waals surface area contributed by atoms with Crippen LogP contribution in [0, 0.1) is 47.3 Å². The van der Waals surface area contributed by atoms with Crippen LogP contribution in [-0.4, -0.2) is 166 Å². The molecular weight excluding hydrogens is 913 g/mol. The van der Waals surface area contributed by atoms with E-state index >= 15 is 0 Å². The number of hydrogen-bond acceptors (Lipinski definition) is 16. The van der Waals surface area contributed by atoms with Crippen LogP contribution in [0.3, 0.4) is 0 Å². The minimum atomic E-state index is -1.15. The van der Waals surface area contributed by atoms with E-state index in [4.69, 9.17) is 47.4 Å². The van der Waals surface area contributed by atoms with Gasteiger partial charge in [-0.1, -0.05) is 79.7 Å². The van der Waals surface area contributed by atoms with Crippen molar-refractivity contribution in [2.75, 3.05) is 0 Å². The highest BCUT2D eigenvalue weighted by Crippen LogP contribution is 2.54. The predicted molar refractivity (Wildman–Crippen MR) is 240 cm³/mol. The SMILES string of the molecule is C[C@@H]1[C@@H]2OC3[C@@H](O)[C@H]1O[C@@H]3[C@H]2C.C[C@@H]1[C@@H]2O[C@H]3[C@H](O)[C@H](O[C@@H]13)[C@H]2C.C[C@@H]1[C@@H]2O[C@H]3[C@H](OC(=O)c4ccccc4C(=O)O)[C@H](O[C@@H]13)[C@H]2C.C[C@@H]1[C@H]2OC3[C@H](C)[C@@H]1O[C@@H]2[C@H]3OC(=O)c1ccccc1C(=O)O. The summed E-state index contributed by atoms with van der Waals surface area (Å²) in [7, 11) is 0. The summed E-state index contributed by atoms with van der Waals surface area (Å²) < 4.78 is 58.0. The van der Waals surface area contributed by atoms with Crippen molar-refractivity contribution >= 4 is 23.9 Å². The van der Waals surface area contributed by atoms with E-state index in [9.17, 15) is 39.6 Å². The Kier molecular flexibility index (Phi) is 12.3. The first-order chi connectivity index (χ1) is 33.4. The summed E-state index contributed by atoms with van der Waals surface area (Å²) in [6.45, 7) is 16.8. The number of hydrogen-bond donors (Lipinski definition) is 4. The van der Waals surface area contributed by atoms with Crippen LogP contribution in [0.5, 0.6) is 0 Å². The fraction of sp³-hybridized carbons (Fsp3) is 0.692. The van der Waals surface area contributed by atoms with Crippen LogP contribution in [0.2, 0.25) is 0 Å². The predicted octanol–water partition coefficient (Wildman–Crippen LogP) is 3.80. The number of esters is 2. The van der Waals surface area contributed by atoms with Crippen molar-refractivity contribution in [3.63, 3.8) is 0 Å².